The number of nitrogens with one attached hydrogen (secondary N) is 1. The number of amides is 1. The van der Waals surface area contributed by atoms with E-state index < -0.39 is 0 Å². The SMILES string of the molecule is CCCCN1CCn2nc(CNC(=O)Cc3cccc(F)c3)cc2C1. The Morgan fingerprint density at radius 1 is 1.32 bits per heavy atom. The van der Waals surface area contributed by atoms with Gasteiger partial charge in [-0.1, -0.05) is 25.5 Å². The Labute approximate surface area is 147 Å². The largest absolute Gasteiger partial charge is 0.350 e. The highest BCUT2D eigenvalue weighted by atomic mass is 19.1. The average Bonchev–Trinajstić information content (AvgIpc) is 3.00. The number of hydrogen-bond donors (Lipinski definition) is 1. The Kier molecular flexibility index (Phi) is 5.81. The van der Waals surface area contributed by atoms with Crippen molar-refractivity contribution in [1.29, 1.82) is 0 Å². The fourth-order valence-electron chi connectivity index (χ4n) is 3.12. The molecule has 2 heterocycles. The van der Waals surface area contributed by atoms with Gasteiger partial charge < -0.3 is 5.32 Å². The van der Waals surface area contributed by atoms with Gasteiger partial charge in [0.15, 0.2) is 0 Å². The summed E-state index contributed by atoms with van der Waals surface area (Å²) in [6, 6.07) is 8.20. The van der Waals surface area contributed by atoms with Crippen LogP contribution in [0.4, 0.5) is 4.39 Å². The Hall–Kier alpha value is -2.21. The number of rotatable bonds is 7. The monoisotopic (exact) mass is 344 g/mol. The number of aromatic nitrogens is 2. The summed E-state index contributed by atoms with van der Waals surface area (Å²) in [4.78, 5) is 14.5. The van der Waals surface area contributed by atoms with Gasteiger partial charge in [-0.05, 0) is 36.7 Å². The molecule has 134 valence electrons. The molecule has 0 spiro atoms. The van der Waals surface area contributed by atoms with Gasteiger partial charge in [-0.25, -0.2) is 4.39 Å². The van der Waals surface area contributed by atoms with Crippen LogP contribution in [0.3, 0.4) is 0 Å². The minimum absolute atomic E-state index is 0.124. The molecule has 1 N–H and O–H groups in total. The van der Waals surface area contributed by atoms with E-state index in [0.29, 0.717) is 12.1 Å². The van der Waals surface area contributed by atoms with Crippen molar-refractivity contribution in [3.05, 3.63) is 53.1 Å². The number of benzene rings is 1. The van der Waals surface area contributed by atoms with Crippen molar-refractivity contribution < 1.29 is 9.18 Å². The number of carbonyl (C=O) groups is 1. The van der Waals surface area contributed by atoms with Gasteiger partial charge in [-0.15, -0.1) is 0 Å². The molecule has 0 unspecified atom stereocenters. The third kappa shape index (κ3) is 4.89. The van der Waals surface area contributed by atoms with Gasteiger partial charge in [0.25, 0.3) is 0 Å². The zero-order chi connectivity index (χ0) is 17.6. The Morgan fingerprint density at radius 3 is 3.00 bits per heavy atom. The highest BCUT2D eigenvalue weighted by molar-refractivity contribution is 5.78. The van der Waals surface area contributed by atoms with E-state index in [1.807, 2.05) is 4.68 Å². The minimum Gasteiger partial charge on any atom is -0.350 e. The van der Waals surface area contributed by atoms with E-state index in [1.54, 1.807) is 12.1 Å². The highest BCUT2D eigenvalue weighted by Crippen LogP contribution is 2.14. The van der Waals surface area contributed by atoms with Gasteiger partial charge >= 0.3 is 0 Å². The van der Waals surface area contributed by atoms with E-state index in [-0.39, 0.29) is 18.1 Å². The molecule has 1 amide bonds. The predicted octanol–water partition coefficient (Wildman–Crippen LogP) is 2.50. The number of hydrogen-bond acceptors (Lipinski definition) is 3. The molecule has 0 saturated heterocycles. The molecule has 2 aromatic rings. The lowest BCUT2D eigenvalue weighted by Crippen LogP contribution is -2.34. The number of nitrogens with zero attached hydrogens (tertiary/aromatic N) is 3. The molecule has 0 bridgehead atoms. The van der Waals surface area contributed by atoms with Gasteiger partial charge in [-0.2, -0.15) is 5.10 Å². The van der Waals surface area contributed by atoms with Crippen LogP contribution in [0.5, 0.6) is 0 Å². The molecular weight excluding hydrogens is 319 g/mol. The molecule has 0 saturated carbocycles. The van der Waals surface area contributed by atoms with E-state index in [4.69, 9.17) is 0 Å². The van der Waals surface area contributed by atoms with Gasteiger partial charge in [0.05, 0.1) is 30.9 Å². The number of halogens is 1. The maximum Gasteiger partial charge on any atom is 0.224 e. The Morgan fingerprint density at radius 2 is 2.20 bits per heavy atom. The van der Waals surface area contributed by atoms with Crippen molar-refractivity contribution in [2.45, 2.75) is 45.8 Å². The van der Waals surface area contributed by atoms with Gasteiger partial charge in [-0.3, -0.25) is 14.4 Å². The first-order valence-corrected chi connectivity index (χ1v) is 8.93. The van der Waals surface area contributed by atoms with Crippen molar-refractivity contribution in [3.8, 4) is 0 Å². The lowest BCUT2D eigenvalue weighted by molar-refractivity contribution is -0.120. The van der Waals surface area contributed by atoms with Crippen LogP contribution in [0.2, 0.25) is 0 Å². The highest BCUT2D eigenvalue weighted by Gasteiger charge is 2.18. The first-order chi connectivity index (χ1) is 12.1. The summed E-state index contributed by atoms with van der Waals surface area (Å²) in [6.45, 7) is 6.59. The minimum atomic E-state index is -0.320. The summed E-state index contributed by atoms with van der Waals surface area (Å²) >= 11 is 0. The number of carbonyl (C=O) groups excluding carboxylic acids is 1. The molecule has 6 heteroatoms. The van der Waals surface area contributed by atoms with Gasteiger partial charge in [0.1, 0.15) is 5.82 Å². The van der Waals surface area contributed by atoms with Gasteiger partial charge in [0, 0.05) is 13.1 Å². The normalized spacial score (nSPS) is 14.3. The zero-order valence-electron chi connectivity index (χ0n) is 14.7. The van der Waals surface area contributed by atoms with Crippen LogP contribution in [0.15, 0.2) is 30.3 Å². The summed E-state index contributed by atoms with van der Waals surface area (Å²) in [5.74, 6) is -0.444. The lowest BCUT2D eigenvalue weighted by Gasteiger charge is -2.27. The maximum atomic E-state index is 13.2. The van der Waals surface area contributed by atoms with E-state index in [1.165, 1.54) is 30.7 Å². The summed E-state index contributed by atoms with van der Waals surface area (Å²) in [5.41, 5.74) is 2.75. The standard InChI is InChI=1S/C19H25FN4O/c1-2-3-7-23-8-9-24-18(14-23)12-17(22-24)13-21-19(25)11-15-5-4-6-16(20)10-15/h4-6,10,12H,2-3,7-9,11,13-14H2,1H3,(H,21,25). The average molecular weight is 344 g/mol. The molecule has 1 aliphatic heterocycles. The smallest absolute Gasteiger partial charge is 0.224 e. The van der Waals surface area contributed by atoms with E-state index in [0.717, 1.165) is 31.9 Å². The van der Waals surface area contributed by atoms with Crippen molar-refractivity contribution in [3.63, 3.8) is 0 Å². The van der Waals surface area contributed by atoms with E-state index in [9.17, 15) is 9.18 Å². The predicted molar refractivity (Wildman–Crippen MR) is 94.4 cm³/mol. The van der Waals surface area contributed by atoms with Crippen LogP contribution in [-0.4, -0.2) is 33.7 Å². The maximum absolute atomic E-state index is 13.2. The van der Waals surface area contributed by atoms with Crippen LogP contribution in [0.1, 0.15) is 36.7 Å². The van der Waals surface area contributed by atoms with Crippen molar-refractivity contribution >= 4 is 5.91 Å². The summed E-state index contributed by atoms with van der Waals surface area (Å²) in [6.07, 6.45) is 2.60. The molecule has 0 aliphatic carbocycles. The summed E-state index contributed by atoms with van der Waals surface area (Å²) in [5, 5.41) is 7.44. The first-order valence-electron chi connectivity index (χ1n) is 8.93. The van der Waals surface area contributed by atoms with Crippen molar-refractivity contribution in [2.75, 3.05) is 13.1 Å². The Balaban J connectivity index is 1.51. The van der Waals surface area contributed by atoms with Crippen LogP contribution < -0.4 is 5.32 Å². The van der Waals surface area contributed by atoms with E-state index >= 15 is 0 Å². The molecule has 1 aromatic carbocycles. The first kappa shape index (κ1) is 17.6. The molecule has 1 aromatic heterocycles. The van der Waals surface area contributed by atoms with Crippen LogP contribution in [0.25, 0.3) is 0 Å². The fraction of sp³-hybridized carbons (Fsp3) is 0.474. The van der Waals surface area contributed by atoms with Crippen LogP contribution >= 0.6 is 0 Å². The lowest BCUT2D eigenvalue weighted by atomic mass is 10.1. The molecule has 1 aliphatic rings. The zero-order valence-corrected chi connectivity index (χ0v) is 14.7. The molecule has 25 heavy (non-hydrogen) atoms. The molecule has 5 nitrogen and oxygen atoms in total. The Bertz CT molecular complexity index is 728. The third-order valence-electron chi connectivity index (χ3n) is 4.48. The molecular formula is C19H25FN4O. The van der Waals surface area contributed by atoms with Crippen LogP contribution in [-0.2, 0) is 30.8 Å². The molecule has 3 rings (SSSR count). The molecule has 0 radical (unpaired) electrons. The van der Waals surface area contributed by atoms with Crippen molar-refractivity contribution in [1.82, 2.24) is 20.0 Å². The van der Waals surface area contributed by atoms with E-state index in [2.05, 4.69) is 28.3 Å². The quantitative estimate of drug-likeness (QED) is 0.840. The second kappa shape index (κ2) is 8.25. The van der Waals surface area contributed by atoms with Crippen molar-refractivity contribution in [2.24, 2.45) is 0 Å². The fourth-order valence-corrected chi connectivity index (χ4v) is 3.12. The topological polar surface area (TPSA) is 50.2 Å². The van der Waals surface area contributed by atoms with Gasteiger partial charge in [0.2, 0.25) is 5.91 Å². The third-order valence-corrected chi connectivity index (χ3v) is 4.48. The molecule has 0 fully saturated rings. The number of unbranched alkanes of at least 4 members (excludes halogenated alkanes) is 1. The second-order valence-electron chi connectivity index (χ2n) is 6.56. The molecule has 0 atom stereocenters. The summed E-state index contributed by atoms with van der Waals surface area (Å²) in [7, 11) is 0. The van der Waals surface area contributed by atoms with Crippen LogP contribution in [0, 0.1) is 5.82 Å². The summed E-state index contributed by atoms with van der Waals surface area (Å²) < 4.78 is 15.2. The second-order valence-corrected chi connectivity index (χ2v) is 6.56. The number of fused-ring (bicyclic) bond motifs is 1.